The summed E-state index contributed by atoms with van der Waals surface area (Å²) in [6.45, 7) is 6.18. The predicted molar refractivity (Wildman–Crippen MR) is 72.2 cm³/mol. The Morgan fingerprint density at radius 3 is 2.39 bits per heavy atom. The molecule has 0 saturated carbocycles. The fourth-order valence-electron chi connectivity index (χ4n) is 1.97. The summed E-state index contributed by atoms with van der Waals surface area (Å²) in [7, 11) is 0. The van der Waals surface area contributed by atoms with Gasteiger partial charge in [0, 0.05) is 12.2 Å². The number of pyridine rings is 1. The van der Waals surface area contributed by atoms with Crippen molar-refractivity contribution in [2.45, 2.75) is 27.3 Å². The molecule has 18 heavy (non-hydrogen) atoms. The molecule has 0 aliphatic carbocycles. The second kappa shape index (κ2) is 5.17. The molecule has 2 nitrogen and oxygen atoms in total. The smallest absolute Gasteiger partial charge is 0.129 e. The maximum atomic E-state index is 13.5. The zero-order valence-corrected chi connectivity index (χ0v) is 10.9. The monoisotopic (exact) mass is 244 g/mol. The van der Waals surface area contributed by atoms with Gasteiger partial charge in [-0.1, -0.05) is 18.2 Å². The molecule has 0 fully saturated rings. The van der Waals surface area contributed by atoms with Gasteiger partial charge in [0.2, 0.25) is 0 Å². The normalized spacial score (nSPS) is 10.4. The van der Waals surface area contributed by atoms with Crippen molar-refractivity contribution in [1.82, 2.24) is 4.98 Å². The largest absolute Gasteiger partial charge is 0.366 e. The van der Waals surface area contributed by atoms with Gasteiger partial charge in [-0.05, 0) is 49.6 Å². The van der Waals surface area contributed by atoms with Crippen LogP contribution in [0, 0.1) is 26.6 Å². The van der Waals surface area contributed by atoms with Crippen LogP contribution in [-0.4, -0.2) is 4.98 Å². The molecule has 1 heterocycles. The molecular weight excluding hydrogens is 227 g/mol. The van der Waals surface area contributed by atoms with E-state index in [0.29, 0.717) is 17.7 Å². The highest BCUT2D eigenvalue weighted by atomic mass is 19.1. The molecule has 3 heteroatoms. The highest BCUT2D eigenvalue weighted by Gasteiger charge is 2.04. The van der Waals surface area contributed by atoms with Gasteiger partial charge in [0.05, 0.1) is 0 Å². The fraction of sp³-hybridized carbons (Fsp3) is 0.267. The van der Waals surface area contributed by atoms with Gasteiger partial charge in [0.25, 0.3) is 0 Å². The van der Waals surface area contributed by atoms with Crippen molar-refractivity contribution in [3.63, 3.8) is 0 Å². The topological polar surface area (TPSA) is 24.9 Å². The van der Waals surface area contributed by atoms with E-state index >= 15 is 0 Å². The number of hydrogen-bond acceptors (Lipinski definition) is 2. The van der Waals surface area contributed by atoms with Crippen molar-refractivity contribution in [1.29, 1.82) is 0 Å². The zero-order chi connectivity index (χ0) is 13.1. The first kappa shape index (κ1) is 12.6. The van der Waals surface area contributed by atoms with Gasteiger partial charge in [0.15, 0.2) is 0 Å². The average Bonchev–Trinajstić information content (AvgIpc) is 2.33. The van der Waals surface area contributed by atoms with Crippen molar-refractivity contribution in [3.8, 4) is 0 Å². The predicted octanol–water partition coefficient (Wildman–Crippen LogP) is 3.76. The Morgan fingerprint density at radius 1 is 1.11 bits per heavy atom. The number of hydrogen-bond donors (Lipinski definition) is 1. The van der Waals surface area contributed by atoms with Crippen LogP contribution in [0.25, 0.3) is 0 Å². The van der Waals surface area contributed by atoms with E-state index < -0.39 is 0 Å². The molecule has 0 bridgehead atoms. The second-order valence-corrected chi connectivity index (χ2v) is 4.56. The van der Waals surface area contributed by atoms with Crippen LogP contribution in [0.4, 0.5) is 10.2 Å². The first-order chi connectivity index (χ1) is 8.56. The lowest BCUT2D eigenvalue weighted by Gasteiger charge is -2.09. The van der Waals surface area contributed by atoms with Gasteiger partial charge >= 0.3 is 0 Å². The number of halogens is 1. The Kier molecular flexibility index (Phi) is 3.60. The molecule has 0 aliphatic rings. The summed E-state index contributed by atoms with van der Waals surface area (Å²) < 4.78 is 13.5. The summed E-state index contributed by atoms with van der Waals surface area (Å²) in [6, 6.07) is 9.58. The van der Waals surface area contributed by atoms with E-state index in [2.05, 4.69) is 10.3 Å². The Morgan fingerprint density at radius 2 is 1.78 bits per heavy atom. The van der Waals surface area contributed by atoms with Crippen LogP contribution in [0.15, 0.2) is 30.3 Å². The summed E-state index contributed by atoms with van der Waals surface area (Å²) in [5.41, 5.74) is 3.41. The number of nitrogens with zero attached hydrogens (tertiary/aromatic N) is 1. The molecule has 1 aromatic carbocycles. The van der Waals surface area contributed by atoms with Crippen LogP contribution in [-0.2, 0) is 6.54 Å². The van der Waals surface area contributed by atoms with Crippen LogP contribution in [0.1, 0.15) is 22.4 Å². The number of aromatic nitrogens is 1. The molecule has 1 aromatic heterocycles. The molecule has 0 radical (unpaired) electrons. The van der Waals surface area contributed by atoms with Crippen molar-refractivity contribution >= 4 is 5.82 Å². The second-order valence-electron chi connectivity index (χ2n) is 4.56. The molecule has 2 rings (SSSR count). The van der Waals surface area contributed by atoms with E-state index in [1.165, 1.54) is 0 Å². The minimum atomic E-state index is -0.118. The third-order valence-corrected chi connectivity index (χ3v) is 2.86. The van der Waals surface area contributed by atoms with E-state index in [-0.39, 0.29) is 5.82 Å². The Bertz CT molecular complexity index is 541. The Hall–Kier alpha value is -1.90. The van der Waals surface area contributed by atoms with E-state index in [1.54, 1.807) is 13.8 Å². The molecule has 0 saturated heterocycles. The minimum absolute atomic E-state index is 0.118. The summed E-state index contributed by atoms with van der Waals surface area (Å²) in [5.74, 6) is 0.724. The first-order valence-electron chi connectivity index (χ1n) is 5.99. The number of anilines is 1. The van der Waals surface area contributed by atoms with Crippen LogP contribution in [0.2, 0.25) is 0 Å². The number of nitrogens with one attached hydrogen (secondary N) is 1. The summed E-state index contributed by atoms with van der Waals surface area (Å²) in [6.07, 6.45) is 0. The van der Waals surface area contributed by atoms with E-state index in [0.717, 1.165) is 17.1 Å². The zero-order valence-electron chi connectivity index (χ0n) is 10.9. The third-order valence-electron chi connectivity index (χ3n) is 2.86. The Labute approximate surface area is 107 Å². The molecular formula is C15H17FN2. The van der Waals surface area contributed by atoms with Gasteiger partial charge in [-0.3, -0.25) is 0 Å². The summed E-state index contributed by atoms with van der Waals surface area (Å²) in [4.78, 5) is 4.37. The van der Waals surface area contributed by atoms with E-state index in [9.17, 15) is 4.39 Å². The van der Waals surface area contributed by atoms with Gasteiger partial charge in [0.1, 0.15) is 11.6 Å². The number of benzene rings is 1. The minimum Gasteiger partial charge on any atom is -0.366 e. The Balaban J connectivity index is 2.11. The first-order valence-corrected chi connectivity index (χ1v) is 5.99. The van der Waals surface area contributed by atoms with Gasteiger partial charge in [-0.15, -0.1) is 0 Å². The summed E-state index contributed by atoms with van der Waals surface area (Å²) in [5, 5.41) is 3.24. The molecule has 0 atom stereocenters. The van der Waals surface area contributed by atoms with Crippen molar-refractivity contribution in [3.05, 3.63) is 58.5 Å². The lowest BCUT2D eigenvalue weighted by Crippen LogP contribution is -2.03. The fourth-order valence-corrected chi connectivity index (χ4v) is 1.97. The average molecular weight is 244 g/mol. The van der Waals surface area contributed by atoms with E-state index in [4.69, 9.17) is 0 Å². The van der Waals surface area contributed by atoms with Crippen molar-refractivity contribution in [2.75, 3.05) is 5.32 Å². The highest BCUT2D eigenvalue weighted by molar-refractivity contribution is 5.38. The van der Waals surface area contributed by atoms with Gasteiger partial charge in [-0.2, -0.15) is 0 Å². The van der Waals surface area contributed by atoms with Crippen LogP contribution in [0.3, 0.4) is 0 Å². The molecule has 0 aliphatic heterocycles. The number of rotatable bonds is 3. The lowest BCUT2D eigenvalue weighted by atomic mass is 10.1. The SMILES string of the molecule is Cc1cccc(NCc2cc(C)c(F)c(C)c2)n1. The molecule has 0 amide bonds. The number of aryl methyl sites for hydroxylation is 3. The maximum absolute atomic E-state index is 13.5. The molecule has 0 unspecified atom stereocenters. The van der Waals surface area contributed by atoms with Crippen molar-refractivity contribution < 1.29 is 4.39 Å². The lowest BCUT2D eigenvalue weighted by molar-refractivity contribution is 0.608. The highest BCUT2D eigenvalue weighted by Crippen LogP contribution is 2.15. The quantitative estimate of drug-likeness (QED) is 0.889. The van der Waals surface area contributed by atoms with Crippen LogP contribution >= 0.6 is 0 Å². The summed E-state index contributed by atoms with van der Waals surface area (Å²) >= 11 is 0. The molecule has 0 spiro atoms. The van der Waals surface area contributed by atoms with Gasteiger partial charge < -0.3 is 5.32 Å². The third kappa shape index (κ3) is 2.86. The molecule has 1 N–H and O–H groups in total. The molecule has 2 aromatic rings. The van der Waals surface area contributed by atoms with Crippen molar-refractivity contribution in [2.24, 2.45) is 0 Å². The van der Waals surface area contributed by atoms with Crippen LogP contribution in [0.5, 0.6) is 0 Å². The van der Waals surface area contributed by atoms with Gasteiger partial charge in [-0.25, -0.2) is 9.37 Å². The molecule has 94 valence electrons. The maximum Gasteiger partial charge on any atom is 0.129 e. The standard InChI is InChI=1S/C15H17FN2/c1-10-7-13(8-11(2)15(10)16)9-17-14-6-4-5-12(3)18-14/h4-8H,9H2,1-3H3,(H,17,18). The van der Waals surface area contributed by atoms with Crippen LogP contribution < -0.4 is 5.32 Å². The van der Waals surface area contributed by atoms with E-state index in [1.807, 2.05) is 37.3 Å².